The van der Waals surface area contributed by atoms with Gasteiger partial charge in [-0.25, -0.2) is 4.68 Å². The second-order valence-electron chi connectivity index (χ2n) is 6.20. The van der Waals surface area contributed by atoms with Crippen LogP contribution < -0.4 is 10.2 Å². The second kappa shape index (κ2) is 7.30. The summed E-state index contributed by atoms with van der Waals surface area (Å²) in [5, 5.41) is 19.1. The molecule has 2 aromatic heterocycles. The molecule has 132 valence electrons. The zero-order valence-corrected chi connectivity index (χ0v) is 14.2. The Kier molecular flexibility index (Phi) is 4.55. The van der Waals surface area contributed by atoms with E-state index in [-0.39, 0.29) is 5.91 Å². The largest absolute Gasteiger partial charge is 0.355 e. The van der Waals surface area contributed by atoms with E-state index in [1.807, 2.05) is 47.3 Å². The number of nitrogens with one attached hydrogen (secondary N) is 1. The number of carbonyl (C=O) groups is 1. The highest BCUT2D eigenvalue weighted by Gasteiger charge is 2.22. The van der Waals surface area contributed by atoms with E-state index in [0.29, 0.717) is 11.7 Å². The maximum Gasteiger partial charge on any atom is 0.276 e. The summed E-state index contributed by atoms with van der Waals surface area (Å²) in [6.45, 7) is 1.74. The topological polar surface area (TPSA) is 88.8 Å². The number of hydrogen-bond donors (Lipinski definition) is 1. The third kappa shape index (κ3) is 3.53. The molecule has 0 unspecified atom stereocenters. The number of piperidine rings is 1. The van der Waals surface area contributed by atoms with Gasteiger partial charge in [0.1, 0.15) is 0 Å². The van der Waals surface area contributed by atoms with E-state index in [4.69, 9.17) is 0 Å². The van der Waals surface area contributed by atoms with E-state index in [1.165, 1.54) is 0 Å². The summed E-state index contributed by atoms with van der Waals surface area (Å²) in [6.07, 6.45) is 5.56. The van der Waals surface area contributed by atoms with Crippen molar-refractivity contribution < 1.29 is 4.79 Å². The van der Waals surface area contributed by atoms with Crippen molar-refractivity contribution in [2.45, 2.75) is 18.9 Å². The summed E-state index contributed by atoms with van der Waals surface area (Å²) >= 11 is 0. The van der Waals surface area contributed by atoms with Crippen molar-refractivity contribution in [1.82, 2.24) is 25.2 Å². The first kappa shape index (κ1) is 16.2. The van der Waals surface area contributed by atoms with Crippen LogP contribution in [-0.2, 0) is 0 Å². The molecule has 8 heteroatoms. The monoisotopic (exact) mass is 349 g/mol. The standard InChI is InChI=1S/C18H19N7O/c26-18(20-14-4-2-1-3-5-14)16-6-7-17(22-21-16)24-11-8-15(9-12-24)25-13-10-19-23-25/h1-7,10,13,15H,8-9,11-12H2,(H,20,26). The molecule has 0 aliphatic carbocycles. The number of amides is 1. The van der Waals surface area contributed by atoms with E-state index in [0.717, 1.165) is 37.4 Å². The lowest BCUT2D eigenvalue weighted by Crippen LogP contribution is -2.35. The third-order valence-corrected chi connectivity index (χ3v) is 4.52. The molecule has 3 heterocycles. The summed E-state index contributed by atoms with van der Waals surface area (Å²) in [5.74, 6) is 0.526. The van der Waals surface area contributed by atoms with Gasteiger partial charge in [0, 0.05) is 25.0 Å². The highest BCUT2D eigenvalue weighted by Crippen LogP contribution is 2.24. The SMILES string of the molecule is O=C(Nc1ccccc1)c1ccc(N2CCC(n3ccnn3)CC2)nn1. The lowest BCUT2D eigenvalue weighted by molar-refractivity contribution is 0.102. The number of benzene rings is 1. The van der Waals surface area contributed by atoms with Crippen LogP contribution >= 0.6 is 0 Å². The maximum atomic E-state index is 12.2. The zero-order chi connectivity index (χ0) is 17.8. The molecule has 0 radical (unpaired) electrons. The fraction of sp³-hybridized carbons (Fsp3) is 0.278. The van der Waals surface area contributed by atoms with Gasteiger partial charge >= 0.3 is 0 Å². The molecule has 1 aliphatic rings. The lowest BCUT2D eigenvalue weighted by Gasteiger charge is -2.32. The van der Waals surface area contributed by atoms with Gasteiger partial charge in [-0.05, 0) is 37.1 Å². The van der Waals surface area contributed by atoms with Gasteiger partial charge in [-0.1, -0.05) is 23.4 Å². The number of carbonyl (C=O) groups excluding carboxylic acids is 1. The predicted molar refractivity (Wildman–Crippen MR) is 96.9 cm³/mol. The average Bonchev–Trinajstić information content (AvgIpc) is 3.24. The normalized spacial score (nSPS) is 15.0. The molecule has 0 atom stereocenters. The highest BCUT2D eigenvalue weighted by atomic mass is 16.1. The first-order valence-electron chi connectivity index (χ1n) is 8.60. The lowest BCUT2D eigenvalue weighted by atomic mass is 10.1. The minimum absolute atomic E-state index is 0.264. The van der Waals surface area contributed by atoms with Crippen LogP contribution in [0.15, 0.2) is 54.9 Å². The Hall–Kier alpha value is -3.29. The van der Waals surface area contributed by atoms with Crippen molar-refractivity contribution in [1.29, 1.82) is 0 Å². The van der Waals surface area contributed by atoms with E-state index >= 15 is 0 Å². The smallest absolute Gasteiger partial charge is 0.276 e. The third-order valence-electron chi connectivity index (χ3n) is 4.52. The molecule has 1 fully saturated rings. The molecular formula is C18H19N7O. The van der Waals surface area contributed by atoms with Crippen molar-refractivity contribution in [2.75, 3.05) is 23.3 Å². The van der Waals surface area contributed by atoms with E-state index in [2.05, 4.69) is 30.7 Å². The Bertz CT molecular complexity index is 841. The van der Waals surface area contributed by atoms with Gasteiger partial charge in [-0.3, -0.25) is 4.79 Å². The van der Waals surface area contributed by atoms with Crippen molar-refractivity contribution >= 4 is 17.4 Å². The number of nitrogens with zero attached hydrogens (tertiary/aromatic N) is 6. The van der Waals surface area contributed by atoms with Gasteiger partial charge in [-0.15, -0.1) is 15.3 Å². The highest BCUT2D eigenvalue weighted by molar-refractivity contribution is 6.02. The number of anilines is 2. The van der Waals surface area contributed by atoms with Crippen molar-refractivity contribution in [2.24, 2.45) is 0 Å². The van der Waals surface area contributed by atoms with E-state index < -0.39 is 0 Å². The van der Waals surface area contributed by atoms with Gasteiger partial charge in [0.15, 0.2) is 11.5 Å². The molecule has 1 aromatic carbocycles. The first-order valence-corrected chi connectivity index (χ1v) is 8.60. The summed E-state index contributed by atoms with van der Waals surface area (Å²) in [7, 11) is 0. The minimum Gasteiger partial charge on any atom is -0.355 e. The summed E-state index contributed by atoms with van der Waals surface area (Å²) < 4.78 is 1.92. The van der Waals surface area contributed by atoms with Crippen LogP contribution in [0, 0.1) is 0 Å². The molecule has 1 aliphatic heterocycles. The van der Waals surface area contributed by atoms with Gasteiger partial charge in [0.05, 0.1) is 12.2 Å². The Labute approximate surface area is 150 Å². The van der Waals surface area contributed by atoms with Crippen LogP contribution in [0.25, 0.3) is 0 Å². The number of para-hydroxylation sites is 1. The molecule has 26 heavy (non-hydrogen) atoms. The van der Waals surface area contributed by atoms with Crippen LogP contribution in [0.1, 0.15) is 29.4 Å². The first-order chi connectivity index (χ1) is 12.8. The number of aromatic nitrogens is 5. The van der Waals surface area contributed by atoms with Gasteiger partial charge in [0.25, 0.3) is 5.91 Å². The van der Waals surface area contributed by atoms with Crippen LogP contribution in [0.3, 0.4) is 0 Å². The summed E-state index contributed by atoms with van der Waals surface area (Å²) in [5.41, 5.74) is 1.04. The quantitative estimate of drug-likeness (QED) is 0.776. The minimum atomic E-state index is -0.264. The van der Waals surface area contributed by atoms with Crippen LogP contribution in [-0.4, -0.2) is 44.2 Å². The van der Waals surface area contributed by atoms with Gasteiger partial charge in [0.2, 0.25) is 0 Å². The zero-order valence-electron chi connectivity index (χ0n) is 14.2. The van der Waals surface area contributed by atoms with Crippen LogP contribution in [0.4, 0.5) is 11.5 Å². The molecular weight excluding hydrogens is 330 g/mol. The second-order valence-corrected chi connectivity index (χ2v) is 6.20. The Morgan fingerprint density at radius 2 is 1.85 bits per heavy atom. The summed E-state index contributed by atoms with van der Waals surface area (Å²) in [6, 6.07) is 13.2. The molecule has 0 bridgehead atoms. The predicted octanol–water partition coefficient (Wildman–Crippen LogP) is 2.16. The van der Waals surface area contributed by atoms with E-state index in [9.17, 15) is 4.79 Å². The molecule has 3 aromatic rings. The Morgan fingerprint density at radius 1 is 1.04 bits per heavy atom. The maximum absolute atomic E-state index is 12.2. The van der Waals surface area contributed by atoms with Crippen LogP contribution in [0.5, 0.6) is 0 Å². The fourth-order valence-electron chi connectivity index (χ4n) is 3.10. The molecule has 0 saturated carbocycles. The number of hydrogen-bond acceptors (Lipinski definition) is 6. The fourth-order valence-corrected chi connectivity index (χ4v) is 3.10. The molecule has 1 saturated heterocycles. The Balaban J connectivity index is 1.36. The van der Waals surface area contributed by atoms with Gasteiger partial charge < -0.3 is 10.2 Å². The molecule has 1 N–H and O–H groups in total. The van der Waals surface area contributed by atoms with Crippen molar-refractivity contribution in [3.63, 3.8) is 0 Å². The Morgan fingerprint density at radius 3 is 2.50 bits per heavy atom. The summed E-state index contributed by atoms with van der Waals surface area (Å²) in [4.78, 5) is 14.4. The molecule has 0 spiro atoms. The average molecular weight is 349 g/mol. The molecule has 4 rings (SSSR count). The van der Waals surface area contributed by atoms with Crippen molar-refractivity contribution in [3.05, 3.63) is 60.6 Å². The number of rotatable bonds is 4. The molecule has 8 nitrogen and oxygen atoms in total. The van der Waals surface area contributed by atoms with Crippen molar-refractivity contribution in [3.8, 4) is 0 Å². The van der Waals surface area contributed by atoms with Crippen LogP contribution in [0.2, 0.25) is 0 Å². The molecule has 1 amide bonds. The van der Waals surface area contributed by atoms with E-state index in [1.54, 1.807) is 12.3 Å². The van der Waals surface area contributed by atoms with Gasteiger partial charge in [-0.2, -0.15) is 0 Å².